The van der Waals surface area contributed by atoms with E-state index in [4.69, 9.17) is 0 Å². The summed E-state index contributed by atoms with van der Waals surface area (Å²) in [6.45, 7) is 4.91. The van der Waals surface area contributed by atoms with Crippen LogP contribution in [0.5, 0.6) is 0 Å². The third kappa shape index (κ3) is 3.74. The molecule has 8 nitrogen and oxygen atoms in total. The zero-order valence-electron chi connectivity index (χ0n) is 16.4. The number of fused-ring (bicyclic) bond motifs is 1. The summed E-state index contributed by atoms with van der Waals surface area (Å²) in [4.78, 5) is 25.5. The zero-order valence-corrected chi connectivity index (χ0v) is 16.4. The van der Waals surface area contributed by atoms with Gasteiger partial charge in [-0.2, -0.15) is 5.10 Å². The Morgan fingerprint density at radius 2 is 1.79 bits per heavy atom. The SMILES string of the molecule is O=C(NCCn1ncc2c(N3CCN(c4ccccc4)CC3)ncnc21)C1CC1. The highest BCUT2D eigenvalue weighted by molar-refractivity contribution is 5.87. The molecule has 150 valence electrons. The molecule has 29 heavy (non-hydrogen) atoms. The van der Waals surface area contributed by atoms with Crippen LogP contribution in [0.3, 0.4) is 0 Å². The fraction of sp³-hybridized carbons (Fsp3) is 0.429. The Kier molecular flexibility index (Phi) is 4.75. The summed E-state index contributed by atoms with van der Waals surface area (Å²) < 4.78 is 1.86. The minimum atomic E-state index is 0.160. The summed E-state index contributed by atoms with van der Waals surface area (Å²) in [5.74, 6) is 1.33. The Bertz CT molecular complexity index is 991. The molecule has 0 atom stereocenters. The molecule has 0 spiro atoms. The fourth-order valence-electron chi connectivity index (χ4n) is 3.89. The van der Waals surface area contributed by atoms with Crippen LogP contribution < -0.4 is 15.1 Å². The average molecular weight is 391 g/mol. The van der Waals surface area contributed by atoms with Crippen LogP contribution in [-0.4, -0.2) is 58.4 Å². The van der Waals surface area contributed by atoms with Gasteiger partial charge in [-0.05, 0) is 25.0 Å². The van der Waals surface area contributed by atoms with Gasteiger partial charge in [-0.15, -0.1) is 0 Å². The molecule has 2 aliphatic rings. The van der Waals surface area contributed by atoms with Crippen LogP contribution in [0.15, 0.2) is 42.9 Å². The highest BCUT2D eigenvalue weighted by atomic mass is 16.2. The minimum absolute atomic E-state index is 0.160. The predicted octanol–water partition coefficient (Wildman–Crippen LogP) is 1.68. The summed E-state index contributed by atoms with van der Waals surface area (Å²) in [5.41, 5.74) is 2.09. The van der Waals surface area contributed by atoms with Crippen LogP contribution in [0.1, 0.15) is 12.8 Å². The molecule has 1 saturated heterocycles. The van der Waals surface area contributed by atoms with E-state index in [1.165, 1.54) is 5.69 Å². The van der Waals surface area contributed by atoms with E-state index in [0.29, 0.717) is 13.1 Å². The molecule has 2 aromatic heterocycles. The molecular formula is C21H25N7O. The summed E-state index contributed by atoms with van der Waals surface area (Å²) in [5, 5.41) is 8.45. The van der Waals surface area contributed by atoms with Crippen molar-refractivity contribution in [2.45, 2.75) is 19.4 Å². The van der Waals surface area contributed by atoms with Gasteiger partial charge in [0.05, 0.1) is 18.1 Å². The Balaban J connectivity index is 1.26. The van der Waals surface area contributed by atoms with Gasteiger partial charge in [0.2, 0.25) is 5.91 Å². The molecule has 1 aliphatic carbocycles. The number of nitrogens with zero attached hydrogens (tertiary/aromatic N) is 6. The largest absolute Gasteiger partial charge is 0.368 e. The van der Waals surface area contributed by atoms with Crippen molar-refractivity contribution >= 4 is 28.4 Å². The standard InChI is InChI=1S/C21H25N7O/c29-21(16-6-7-16)22-8-9-28-20-18(14-25-28)19(23-15-24-20)27-12-10-26(11-13-27)17-4-2-1-3-5-17/h1-5,14-16H,6-13H2,(H,22,29). The van der Waals surface area contributed by atoms with E-state index in [9.17, 15) is 4.79 Å². The molecule has 0 bridgehead atoms. The minimum Gasteiger partial charge on any atom is -0.368 e. The van der Waals surface area contributed by atoms with Gasteiger partial charge in [0, 0.05) is 44.3 Å². The maximum atomic E-state index is 11.8. The Labute approximate surface area is 169 Å². The molecule has 1 saturated carbocycles. The molecule has 0 unspecified atom stereocenters. The first-order valence-electron chi connectivity index (χ1n) is 10.3. The van der Waals surface area contributed by atoms with Gasteiger partial charge in [-0.3, -0.25) is 4.79 Å². The Hall–Kier alpha value is -3.16. The van der Waals surface area contributed by atoms with Crippen molar-refractivity contribution in [3.05, 3.63) is 42.9 Å². The maximum Gasteiger partial charge on any atom is 0.223 e. The summed E-state index contributed by atoms with van der Waals surface area (Å²) in [6, 6.07) is 10.5. The highest BCUT2D eigenvalue weighted by Gasteiger charge is 2.29. The van der Waals surface area contributed by atoms with E-state index in [1.54, 1.807) is 6.33 Å². The first kappa shape index (κ1) is 17.9. The Morgan fingerprint density at radius 3 is 2.55 bits per heavy atom. The monoisotopic (exact) mass is 391 g/mol. The van der Waals surface area contributed by atoms with Crippen LogP contribution in [0.2, 0.25) is 0 Å². The number of hydrogen-bond acceptors (Lipinski definition) is 6. The van der Waals surface area contributed by atoms with Crippen LogP contribution in [-0.2, 0) is 11.3 Å². The number of benzene rings is 1. The molecule has 0 radical (unpaired) electrons. The smallest absolute Gasteiger partial charge is 0.223 e. The van der Waals surface area contributed by atoms with Crippen LogP contribution in [0, 0.1) is 5.92 Å². The summed E-state index contributed by atoms with van der Waals surface area (Å²) in [7, 11) is 0. The van der Waals surface area contributed by atoms with Crippen molar-refractivity contribution in [3.63, 3.8) is 0 Å². The molecular weight excluding hydrogens is 366 g/mol. The van der Waals surface area contributed by atoms with Gasteiger partial charge in [-0.25, -0.2) is 14.6 Å². The van der Waals surface area contributed by atoms with Crippen LogP contribution in [0.25, 0.3) is 11.0 Å². The van der Waals surface area contributed by atoms with Crippen molar-refractivity contribution in [3.8, 4) is 0 Å². The van der Waals surface area contributed by atoms with Crippen molar-refractivity contribution in [2.75, 3.05) is 42.5 Å². The van der Waals surface area contributed by atoms with Gasteiger partial charge >= 0.3 is 0 Å². The first-order valence-corrected chi connectivity index (χ1v) is 10.3. The number of para-hydroxylation sites is 1. The van der Waals surface area contributed by atoms with E-state index in [2.05, 4.69) is 54.4 Å². The molecule has 3 aromatic rings. The second-order valence-electron chi connectivity index (χ2n) is 7.68. The van der Waals surface area contributed by atoms with E-state index in [-0.39, 0.29) is 11.8 Å². The molecule has 1 aromatic carbocycles. The second kappa shape index (κ2) is 7.69. The third-order valence-corrected chi connectivity index (χ3v) is 5.68. The van der Waals surface area contributed by atoms with E-state index in [1.807, 2.05) is 16.9 Å². The van der Waals surface area contributed by atoms with Gasteiger partial charge in [-0.1, -0.05) is 18.2 Å². The van der Waals surface area contributed by atoms with E-state index >= 15 is 0 Å². The normalized spacial score (nSPS) is 17.0. The number of aromatic nitrogens is 4. The lowest BCUT2D eigenvalue weighted by molar-refractivity contribution is -0.122. The number of carbonyl (C=O) groups is 1. The van der Waals surface area contributed by atoms with E-state index < -0.39 is 0 Å². The van der Waals surface area contributed by atoms with Crippen LogP contribution in [0.4, 0.5) is 11.5 Å². The highest BCUT2D eigenvalue weighted by Crippen LogP contribution is 2.28. The molecule has 1 aliphatic heterocycles. The van der Waals surface area contributed by atoms with Crippen molar-refractivity contribution in [2.24, 2.45) is 5.92 Å². The van der Waals surface area contributed by atoms with Gasteiger partial charge < -0.3 is 15.1 Å². The average Bonchev–Trinajstić information content (AvgIpc) is 3.55. The van der Waals surface area contributed by atoms with Crippen molar-refractivity contribution in [1.29, 1.82) is 0 Å². The predicted molar refractivity (Wildman–Crippen MR) is 112 cm³/mol. The number of nitrogens with one attached hydrogen (secondary N) is 1. The molecule has 2 fully saturated rings. The number of anilines is 2. The number of carbonyl (C=O) groups excluding carboxylic acids is 1. The lowest BCUT2D eigenvalue weighted by Crippen LogP contribution is -2.46. The number of rotatable bonds is 6. The first-order chi connectivity index (χ1) is 14.3. The number of piperazine rings is 1. The van der Waals surface area contributed by atoms with Gasteiger partial charge in [0.15, 0.2) is 5.65 Å². The molecule has 1 amide bonds. The fourth-order valence-corrected chi connectivity index (χ4v) is 3.89. The van der Waals surface area contributed by atoms with Gasteiger partial charge in [0.1, 0.15) is 12.1 Å². The molecule has 1 N–H and O–H groups in total. The quantitative estimate of drug-likeness (QED) is 0.689. The summed E-state index contributed by atoms with van der Waals surface area (Å²) >= 11 is 0. The third-order valence-electron chi connectivity index (χ3n) is 5.68. The lowest BCUT2D eigenvalue weighted by Gasteiger charge is -2.36. The number of amides is 1. The number of hydrogen-bond donors (Lipinski definition) is 1. The molecule has 8 heteroatoms. The van der Waals surface area contributed by atoms with Crippen LogP contribution >= 0.6 is 0 Å². The van der Waals surface area contributed by atoms with Crippen molar-refractivity contribution in [1.82, 2.24) is 25.1 Å². The van der Waals surface area contributed by atoms with E-state index in [0.717, 1.165) is 55.9 Å². The second-order valence-corrected chi connectivity index (χ2v) is 7.68. The molecule has 3 heterocycles. The Morgan fingerprint density at radius 1 is 1.03 bits per heavy atom. The maximum absolute atomic E-state index is 11.8. The lowest BCUT2D eigenvalue weighted by atomic mass is 10.2. The zero-order chi connectivity index (χ0) is 19.6. The topological polar surface area (TPSA) is 79.2 Å². The van der Waals surface area contributed by atoms with Gasteiger partial charge in [0.25, 0.3) is 0 Å². The van der Waals surface area contributed by atoms with Crippen molar-refractivity contribution < 1.29 is 4.79 Å². The summed E-state index contributed by atoms with van der Waals surface area (Å²) in [6.07, 6.45) is 5.49. The molecule has 5 rings (SSSR count).